The van der Waals surface area contributed by atoms with Crippen molar-refractivity contribution in [2.45, 2.75) is 9.79 Å². The van der Waals surface area contributed by atoms with E-state index in [1.165, 1.54) is 0 Å². The minimum Gasteiger partial charge on any atom is -0.369 e. The molecule has 6 N–H and O–H groups in total. The predicted molar refractivity (Wildman–Crippen MR) is 92.7 cm³/mol. The minimum absolute atomic E-state index is 0.426. The Morgan fingerprint density at radius 3 is 1.64 bits per heavy atom. The first-order chi connectivity index (χ1) is 10.7. The molecule has 0 spiro atoms. The molecule has 6 nitrogen and oxygen atoms in total. The monoisotopic (exact) mass is 328 g/mol. The van der Waals surface area contributed by atoms with Crippen LogP contribution in [0.5, 0.6) is 0 Å². The van der Waals surface area contributed by atoms with Gasteiger partial charge in [-0.15, -0.1) is 0 Å². The van der Waals surface area contributed by atoms with Crippen LogP contribution in [-0.4, -0.2) is 19.9 Å². The molecule has 0 aliphatic carbocycles. The van der Waals surface area contributed by atoms with Gasteiger partial charge in [-0.3, -0.25) is 0 Å². The third kappa shape index (κ3) is 2.26. The van der Waals surface area contributed by atoms with Gasteiger partial charge in [0, 0.05) is 9.79 Å². The Labute approximate surface area is 133 Å². The SMILES string of the molecule is Nc1nc2c(SSc3cccc4[nH]c(N)nc34)cccc2[nH]1. The number of rotatable bonds is 3. The van der Waals surface area contributed by atoms with Gasteiger partial charge in [0.2, 0.25) is 0 Å². The van der Waals surface area contributed by atoms with Crippen LogP contribution >= 0.6 is 21.6 Å². The molecule has 8 heteroatoms. The van der Waals surface area contributed by atoms with Gasteiger partial charge in [-0.25, -0.2) is 9.97 Å². The molecule has 0 unspecified atom stereocenters. The van der Waals surface area contributed by atoms with E-state index in [1.807, 2.05) is 36.4 Å². The van der Waals surface area contributed by atoms with E-state index in [0.29, 0.717) is 11.9 Å². The number of aromatic amines is 2. The van der Waals surface area contributed by atoms with Crippen molar-refractivity contribution in [1.29, 1.82) is 0 Å². The van der Waals surface area contributed by atoms with Gasteiger partial charge in [0.05, 0.1) is 11.0 Å². The number of nitrogens with one attached hydrogen (secondary N) is 2. The maximum atomic E-state index is 5.73. The van der Waals surface area contributed by atoms with Crippen LogP contribution in [0, 0.1) is 0 Å². The highest BCUT2D eigenvalue weighted by molar-refractivity contribution is 8.76. The predicted octanol–water partition coefficient (Wildman–Crippen LogP) is 3.40. The summed E-state index contributed by atoms with van der Waals surface area (Å²) in [5, 5.41) is 0. The first-order valence-electron chi connectivity index (χ1n) is 6.53. The van der Waals surface area contributed by atoms with Crippen molar-refractivity contribution in [3.05, 3.63) is 36.4 Å². The summed E-state index contributed by atoms with van der Waals surface area (Å²) < 4.78 is 0. The largest absolute Gasteiger partial charge is 0.369 e. The van der Waals surface area contributed by atoms with Crippen molar-refractivity contribution in [3.8, 4) is 0 Å². The van der Waals surface area contributed by atoms with Crippen LogP contribution in [0.1, 0.15) is 0 Å². The van der Waals surface area contributed by atoms with Crippen LogP contribution in [0.4, 0.5) is 11.9 Å². The molecule has 0 amide bonds. The number of imidazole rings is 2. The second-order valence-corrected chi connectivity index (χ2v) is 6.93. The molecular formula is C14H12N6S2. The van der Waals surface area contributed by atoms with Gasteiger partial charge >= 0.3 is 0 Å². The zero-order valence-corrected chi connectivity index (χ0v) is 13.0. The molecule has 4 rings (SSSR count). The highest BCUT2D eigenvalue weighted by Crippen LogP contribution is 2.42. The van der Waals surface area contributed by atoms with Crippen LogP contribution in [0.3, 0.4) is 0 Å². The first-order valence-corrected chi connectivity index (χ1v) is 8.68. The lowest BCUT2D eigenvalue weighted by molar-refractivity contribution is 1.34. The first kappa shape index (κ1) is 13.4. The van der Waals surface area contributed by atoms with Crippen LogP contribution in [0.2, 0.25) is 0 Å². The normalized spacial score (nSPS) is 11.5. The van der Waals surface area contributed by atoms with Gasteiger partial charge in [-0.2, -0.15) is 0 Å². The fourth-order valence-electron chi connectivity index (χ4n) is 2.27. The van der Waals surface area contributed by atoms with Crippen molar-refractivity contribution in [2.75, 3.05) is 11.5 Å². The molecule has 2 heterocycles. The van der Waals surface area contributed by atoms with E-state index in [1.54, 1.807) is 21.6 Å². The topological polar surface area (TPSA) is 109 Å². The van der Waals surface area contributed by atoms with Crippen LogP contribution in [0.15, 0.2) is 46.2 Å². The summed E-state index contributed by atoms with van der Waals surface area (Å²) >= 11 is 0. The molecule has 0 bridgehead atoms. The molecule has 2 aromatic heterocycles. The third-order valence-electron chi connectivity index (χ3n) is 3.21. The number of hydrogen-bond donors (Lipinski definition) is 4. The van der Waals surface area contributed by atoms with E-state index in [9.17, 15) is 0 Å². The Hall–Kier alpha value is -2.32. The summed E-state index contributed by atoms with van der Waals surface area (Å²) in [4.78, 5) is 16.9. The molecule has 0 radical (unpaired) electrons. The molecule has 2 aromatic carbocycles. The molecular weight excluding hydrogens is 316 g/mol. The lowest BCUT2D eigenvalue weighted by atomic mass is 10.3. The zero-order valence-electron chi connectivity index (χ0n) is 11.3. The van der Waals surface area contributed by atoms with Crippen molar-refractivity contribution < 1.29 is 0 Å². The second-order valence-electron chi connectivity index (χ2n) is 4.72. The van der Waals surface area contributed by atoms with Crippen LogP contribution in [-0.2, 0) is 0 Å². The van der Waals surface area contributed by atoms with E-state index in [2.05, 4.69) is 19.9 Å². The molecule has 22 heavy (non-hydrogen) atoms. The standard InChI is InChI=1S/C14H12N6S2/c15-13-17-7-3-1-5-9(11(7)19-13)21-22-10-6-2-4-8-12(10)20-14(16)18-8/h1-6H,(H3,15,17,19)(H3,16,18,20). The minimum atomic E-state index is 0.426. The number of fused-ring (bicyclic) bond motifs is 2. The second kappa shape index (κ2) is 5.15. The van der Waals surface area contributed by atoms with E-state index >= 15 is 0 Å². The Bertz CT molecular complexity index is 894. The van der Waals surface area contributed by atoms with Crippen molar-refractivity contribution >= 4 is 55.6 Å². The summed E-state index contributed by atoms with van der Waals surface area (Å²) in [5.74, 6) is 0.852. The van der Waals surface area contributed by atoms with E-state index < -0.39 is 0 Å². The van der Waals surface area contributed by atoms with Gasteiger partial charge in [0.15, 0.2) is 11.9 Å². The number of nitrogen functional groups attached to an aromatic ring is 2. The quantitative estimate of drug-likeness (QED) is 0.429. The molecule has 0 aliphatic heterocycles. The number of nitrogens with zero attached hydrogens (tertiary/aromatic N) is 2. The molecule has 110 valence electrons. The van der Waals surface area contributed by atoms with Gasteiger partial charge in [0.1, 0.15) is 11.0 Å². The average molecular weight is 328 g/mol. The summed E-state index contributed by atoms with van der Waals surface area (Å²) in [5.41, 5.74) is 15.1. The molecule has 4 aromatic rings. The maximum Gasteiger partial charge on any atom is 0.198 e. The lowest BCUT2D eigenvalue weighted by Gasteiger charge is -2.02. The molecule has 0 saturated carbocycles. The maximum absolute atomic E-state index is 5.73. The number of aromatic nitrogens is 4. The summed E-state index contributed by atoms with van der Waals surface area (Å²) in [7, 11) is 3.25. The van der Waals surface area contributed by atoms with Crippen LogP contribution in [0.25, 0.3) is 22.1 Å². The number of H-pyrrole nitrogens is 2. The van der Waals surface area contributed by atoms with E-state index in [4.69, 9.17) is 11.5 Å². The Morgan fingerprint density at radius 2 is 1.18 bits per heavy atom. The lowest BCUT2D eigenvalue weighted by Crippen LogP contribution is -1.84. The van der Waals surface area contributed by atoms with Gasteiger partial charge in [-0.1, -0.05) is 33.7 Å². The Morgan fingerprint density at radius 1 is 0.727 bits per heavy atom. The molecule has 0 aliphatic rings. The van der Waals surface area contributed by atoms with E-state index in [0.717, 1.165) is 31.9 Å². The number of nitrogens with two attached hydrogens (primary N) is 2. The number of anilines is 2. The van der Waals surface area contributed by atoms with E-state index in [-0.39, 0.29) is 0 Å². The Kier molecular flexibility index (Phi) is 3.12. The zero-order chi connectivity index (χ0) is 15.1. The van der Waals surface area contributed by atoms with Crippen LogP contribution < -0.4 is 11.5 Å². The van der Waals surface area contributed by atoms with Gasteiger partial charge < -0.3 is 21.4 Å². The summed E-state index contributed by atoms with van der Waals surface area (Å²) in [6, 6.07) is 11.9. The third-order valence-corrected chi connectivity index (χ3v) is 5.64. The summed E-state index contributed by atoms with van der Waals surface area (Å²) in [6.45, 7) is 0. The summed E-state index contributed by atoms with van der Waals surface area (Å²) in [6.07, 6.45) is 0. The molecule has 0 saturated heterocycles. The number of hydrogen-bond acceptors (Lipinski definition) is 6. The van der Waals surface area contributed by atoms with Crippen molar-refractivity contribution in [1.82, 2.24) is 19.9 Å². The smallest absolute Gasteiger partial charge is 0.198 e. The highest BCUT2D eigenvalue weighted by Gasteiger charge is 2.10. The fourth-order valence-corrected chi connectivity index (χ4v) is 4.54. The van der Waals surface area contributed by atoms with Crippen molar-refractivity contribution in [2.24, 2.45) is 0 Å². The number of para-hydroxylation sites is 2. The van der Waals surface area contributed by atoms with Gasteiger partial charge in [-0.05, 0) is 24.3 Å². The highest BCUT2D eigenvalue weighted by atomic mass is 33.1. The number of benzene rings is 2. The Balaban J connectivity index is 1.68. The average Bonchev–Trinajstić information content (AvgIpc) is 3.06. The molecule has 0 atom stereocenters. The fraction of sp³-hybridized carbons (Fsp3) is 0. The van der Waals surface area contributed by atoms with Crippen molar-refractivity contribution in [3.63, 3.8) is 0 Å². The van der Waals surface area contributed by atoms with Gasteiger partial charge in [0.25, 0.3) is 0 Å². The molecule has 0 fully saturated rings.